The van der Waals surface area contributed by atoms with Crippen LogP contribution in [0.5, 0.6) is 0 Å². The summed E-state index contributed by atoms with van der Waals surface area (Å²) in [7, 11) is 0. The first-order valence-corrected chi connectivity index (χ1v) is 7.29. The predicted molar refractivity (Wildman–Crippen MR) is 71.5 cm³/mol. The molecule has 5 heteroatoms. The second-order valence-electron chi connectivity index (χ2n) is 6.16. The first-order valence-electron chi connectivity index (χ1n) is 7.29. The molecule has 0 aromatic heterocycles. The minimum Gasteiger partial charge on any atom is -0.480 e. The summed E-state index contributed by atoms with van der Waals surface area (Å²) >= 11 is 0. The molecule has 4 N–H and O–H groups in total. The lowest BCUT2D eigenvalue weighted by molar-refractivity contribution is -0.142. The number of rotatable bonds is 6. The van der Waals surface area contributed by atoms with Crippen molar-refractivity contribution < 1.29 is 14.7 Å². The van der Waals surface area contributed by atoms with Crippen molar-refractivity contribution in [2.75, 3.05) is 6.54 Å². The molecule has 0 aliphatic heterocycles. The highest BCUT2D eigenvalue weighted by Gasteiger charge is 2.39. The number of carboxylic acids is 1. The summed E-state index contributed by atoms with van der Waals surface area (Å²) in [5, 5.41) is 11.8. The topological polar surface area (TPSA) is 92.4 Å². The average molecular weight is 268 g/mol. The van der Waals surface area contributed by atoms with E-state index in [9.17, 15) is 9.59 Å². The maximum atomic E-state index is 12.1. The number of hydrogen-bond donors (Lipinski definition) is 3. The fourth-order valence-corrected chi connectivity index (χ4v) is 3.13. The van der Waals surface area contributed by atoms with E-state index in [4.69, 9.17) is 10.8 Å². The van der Waals surface area contributed by atoms with Crippen LogP contribution in [-0.2, 0) is 9.59 Å². The zero-order valence-corrected chi connectivity index (χ0v) is 11.4. The molecule has 0 bridgehead atoms. The van der Waals surface area contributed by atoms with Crippen LogP contribution in [0.25, 0.3) is 0 Å². The highest BCUT2D eigenvalue weighted by molar-refractivity contribution is 5.84. The van der Waals surface area contributed by atoms with Crippen LogP contribution in [0.3, 0.4) is 0 Å². The van der Waals surface area contributed by atoms with Gasteiger partial charge < -0.3 is 16.2 Å². The number of aliphatic carboxylic acids is 1. The third-order valence-corrected chi connectivity index (χ3v) is 4.56. The molecule has 2 fully saturated rings. The molecule has 2 rings (SSSR count). The molecule has 0 heterocycles. The number of nitrogens with one attached hydrogen (secondary N) is 1. The van der Waals surface area contributed by atoms with Gasteiger partial charge in [-0.05, 0) is 43.6 Å². The van der Waals surface area contributed by atoms with Gasteiger partial charge in [-0.15, -0.1) is 0 Å². The Kier molecular flexibility index (Phi) is 4.45. The molecule has 1 amide bonds. The van der Waals surface area contributed by atoms with E-state index in [1.807, 2.05) is 0 Å². The Morgan fingerprint density at radius 3 is 2.37 bits per heavy atom. The Morgan fingerprint density at radius 2 is 1.89 bits per heavy atom. The van der Waals surface area contributed by atoms with E-state index in [0.29, 0.717) is 13.0 Å². The first-order chi connectivity index (χ1) is 9.06. The van der Waals surface area contributed by atoms with Crippen LogP contribution in [0.2, 0.25) is 0 Å². The van der Waals surface area contributed by atoms with Gasteiger partial charge in [0.2, 0.25) is 5.91 Å². The molecular formula is C14H24N2O3. The molecular weight excluding hydrogens is 244 g/mol. The lowest BCUT2D eigenvalue weighted by Gasteiger charge is -2.36. The zero-order chi connectivity index (χ0) is 13.9. The molecule has 2 saturated carbocycles. The van der Waals surface area contributed by atoms with Gasteiger partial charge in [-0.25, -0.2) is 4.79 Å². The first kappa shape index (κ1) is 14.3. The Hall–Kier alpha value is -1.10. The maximum absolute atomic E-state index is 12.1. The quantitative estimate of drug-likeness (QED) is 0.676. The summed E-state index contributed by atoms with van der Waals surface area (Å²) < 4.78 is 0. The van der Waals surface area contributed by atoms with E-state index in [0.717, 1.165) is 38.5 Å². The second-order valence-corrected chi connectivity index (χ2v) is 6.16. The van der Waals surface area contributed by atoms with E-state index >= 15 is 0 Å². The molecule has 1 atom stereocenters. The van der Waals surface area contributed by atoms with E-state index in [-0.39, 0.29) is 17.2 Å². The van der Waals surface area contributed by atoms with Crippen LogP contribution in [0.1, 0.15) is 51.4 Å². The molecule has 0 aromatic carbocycles. The van der Waals surface area contributed by atoms with Crippen molar-refractivity contribution in [1.29, 1.82) is 0 Å². The maximum Gasteiger partial charge on any atom is 0.326 e. The Labute approximate surface area is 113 Å². The fraction of sp³-hybridized carbons (Fsp3) is 0.857. The van der Waals surface area contributed by atoms with Gasteiger partial charge in [0.1, 0.15) is 6.04 Å². The summed E-state index contributed by atoms with van der Waals surface area (Å²) in [5.41, 5.74) is 5.75. The van der Waals surface area contributed by atoms with Gasteiger partial charge >= 0.3 is 5.97 Å². The van der Waals surface area contributed by atoms with Crippen molar-refractivity contribution in [2.45, 2.75) is 57.4 Å². The number of amides is 1. The molecule has 2 aliphatic rings. The van der Waals surface area contributed by atoms with Crippen LogP contribution in [0.4, 0.5) is 0 Å². The minimum absolute atomic E-state index is 0.102. The molecule has 0 radical (unpaired) electrons. The van der Waals surface area contributed by atoms with Crippen molar-refractivity contribution >= 4 is 11.9 Å². The number of hydrogen-bond acceptors (Lipinski definition) is 3. The molecule has 19 heavy (non-hydrogen) atoms. The van der Waals surface area contributed by atoms with Crippen molar-refractivity contribution in [3.8, 4) is 0 Å². The Morgan fingerprint density at radius 1 is 1.26 bits per heavy atom. The summed E-state index contributed by atoms with van der Waals surface area (Å²) in [6.45, 7) is 0.515. The van der Waals surface area contributed by atoms with Crippen LogP contribution < -0.4 is 11.1 Å². The molecule has 108 valence electrons. The van der Waals surface area contributed by atoms with Crippen molar-refractivity contribution in [1.82, 2.24) is 5.32 Å². The molecule has 1 unspecified atom stereocenters. The highest BCUT2D eigenvalue weighted by atomic mass is 16.4. The lowest BCUT2D eigenvalue weighted by Crippen LogP contribution is -2.45. The molecule has 0 spiro atoms. The molecule has 2 aliphatic carbocycles. The third kappa shape index (κ3) is 3.69. The highest BCUT2D eigenvalue weighted by Crippen LogP contribution is 2.38. The minimum atomic E-state index is -0.915. The van der Waals surface area contributed by atoms with E-state index < -0.39 is 12.0 Å². The SMILES string of the molecule is NCC1(CC(=O)NC(C(=O)O)C2CC2)CCCCC1. The van der Waals surface area contributed by atoms with Gasteiger partial charge in [0.25, 0.3) is 0 Å². The standard InChI is InChI=1S/C14H24N2O3/c15-9-14(6-2-1-3-7-14)8-11(17)16-12(13(18)19)10-4-5-10/h10,12H,1-9,15H2,(H,16,17)(H,18,19). The van der Waals surface area contributed by atoms with Crippen LogP contribution in [-0.4, -0.2) is 29.6 Å². The van der Waals surface area contributed by atoms with Gasteiger partial charge in [0.05, 0.1) is 0 Å². The summed E-state index contributed by atoms with van der Waals surface area (Å²) in [5.74, 6) is -0.936. The number of carboxylic acid groups (broad SMARTS) is 1. The number of carbonyl (C=O) groups is 2. The van der Waals surface area contributed by atoms with E-state index in [1.165, 1.54) is 6.42 Å². The van der Waals surface area contributed by atoms with Gasteiger partial charge in [0, 0.05) is 6.42 Å². The van der Waals surface area contributed by atoms with Crippen LogP contribution in [0.15, 0.2) is 0 Å². The molecule has 0 aromatic rings. The van der Waals surface area contributed by atoms with Gasteiger partial charge in [-0.1, -0.05) is 19.3 Å². The van der Waals surface area contributed by atoms with Crippen molar-refractivity contribution in [2.24, 2.45) is 17.1 Å². The summed E-state index contributed by atoms with van der Waals surface area (Å²) in [6, 6.07) is -0.703. The van der Waals surface area contributed by atoms with Gasteiger partial charge in [0.15, 0.2) is 0 Å². The number of nitrogens with two attached hydrogens (primary N) is 1. The van der Waals surface area contributed by atoms with Gasteiger partial charge in [-0.3, -0.25) is 4.79 Å². The van der Waals surface area contributed by atoms with Crippen LogP contribution in [0, 0.1) is 11.3 Å². The molecule has 0 saturated heterocycles. The smallest absolute Gasteiger partial charge is 0.326 e. The average Bonchev–Trinajstić information content (AvgIpc) is 3.21. The largest absolute Gasteiger partial charge is 0.480 e. The monoisotopic (exact) mass is 268 g/mol. The third-order valence-electron chi connectivity index (χ3n) is 4.56. The van der Waals surface area contributed by atoms with E-state index in [2.05, 4.69) is 5.32 Å². The van der Waals surface area contributed by atoms with Crippen molar-refractivity contribution in [3.63, 3.8) is 0 Å². The number of carbonyl (C=O) groups excluding carboxylic acids is 1. The van der Waals surface area contributed by atoms with E-state index in [1.54, 1.807) is 0 Å². The second kappa shape index (κ2) is 5.90. The van der Waals surface area contributed by atoms with Gasteiger partial charge in [-0.2, -0.15) is 0 Å². The van der Waals surface area contributed by atoms with Crippen molar-refractivity contribution in [3.05, 3.63) is 0 Å². The van der Waals surface area contributed by atoms with Crippen LogP contribution >= 0.6 is 0 Å². The Balaban J connectivity index is 1.89. The zero-order valence-electron chi connectivity index (χ0n) is 11.4. The normalized spacial score (nSPS) is 23.6. The Bertz CT molecular complexity index is 347. The predicted octanol–water partition coefficient (Wildman–Crippen LogP) is 1.27. The lowest BCUT2D eigenvalue weighted by atomic mass is 9.71. The fourth-order valence-electron chi connectivity index (χ4n) is 3.13. The molecule has 5 nitrogen and oxygen atoms in total. The summed E-state index contributed by atoms with van der Waals surface area (Å²) in [4.78, 5) is 23.2. The summed E-state index contributed by atoms with van der Waals surface area (Å²) in [6.07, 6.45) is 7.60.